The molecule has 2 N–H and O–H groups in total. The van der Waals surface area contributed by atoms with E-state index in [2.05, 4.69) is 17.0 Å². The van der Waals surface area contributed by atoms with Crippen molar-refractivity contribution in [3.63, 3.8) is 0 Å². The topological polar surface area (TPSA) is 82.0 Å². The van der Waals surface area contributed by atoms with Gasteiger partial charge < -0.3 is 5.32 Å². The lowest BCUT2D eigenvalue weighted by atomic mass is 9.77. The molecule has 0 aromatic heterocycles. The molecule has 0 radical (unpaired) electrons. The molecule has 0 bridgehead atoms. The molecule has 1 unspecified atom stereocenters. The molecule has 0 aromatic carbocycles. The highest BCUT2D eigenvalue weighted by Gasteiger charge is 2.33. The zero-order valence-corrected chi connectivity index (χ0v) is 12.0. The molecule has 1 saturated heterocycles. The van der Waals surface area contributed by atoms with Crippen LogP contribution in [0.15, 0.2) is 0 Å². The second-order valence-corrected chi connectivity index (χ2v) is 6.94. The first-order valence-corrected chi connectivity index (χ1v) is 8.13. The lowest BCUT2D eigenvalue weighted by Crippen LogP contribution is -2.46. The van der Waals surface area contributed by atoms with Gasteiger partial charge in [-0.25, -0.2) is 13.1 Å². The van der Waals surface area contributed by atoms with Crippen LogP contribution in [0.25, 0.3) is 0 Å². The standard InChI is InChI=1S/C12H23N3O2S/c1-3-11(9-13)18(16,17)15-10-12(4-2)5-7-14-8-6-12/h11,14-15H,3-8,10H2,1-2H3. The molecule has 104 valence electrons. The highest BCUT2D eigenvalue weighted by atomic mass is 32.2. The van der Waals surface area contributed by atoms with E-state index in [-0.39, 0.29) is 5.41 Å². The van der Waals surface area contributed by atoms with Gasteiger partial charge >= 0.3 is 0 Å². The van der Waals surface area contributed by atoms with Gasteiger partial charge in [0.25, 0.3) is 0 Å². The number of hydrogen-bond donors (Lipinski definition) is 2. The van der Waals surface area contributed by atoms with Crippen LogP contribution in [0.2, 0.25) is 0 Å². The number of nitrogens with one attached hydrogen (secondary N) is 2. The fraction of sp³-hybridized carbons (Fsp3) is 0.917. The van der Waals surface area contributed by atoms with Crippen LogP contribution < -0.4 is 10.0 Å². The molecule has 1 atom stereocenters. The first-order chi connectivity index (χ1) is 8.49. The third-order valence-corrected chi connectivity index (χ3v) is 5.69. The molecule has 1 fully saturated rings. The summed E-state index contributed by atoms with van der Waals surface area (Å²) < 4.78 is 26.5. The number of piperidine rings is 1. The molecule has 1 aliphatic rings. The van der Waals surface area contributed by atoms with Crippen molar-refractivity contribution in [3.8, 4) is 6.07 Å². The predicted molar refractivity (Wildman–Crippen MR) is 71.4 cm³/mol. The highest BCUT2D eigenvalue weighted by molar-refractivity contribution is 7.90. The van der Waals surface area contributed by atoms with Crippen molar-refractivity contribution >= 4 is 10.0 Å². The van der Waals surface area contributed by atoms with Gasteiger partial charge in [-0.15, -0.1) is 0 Å². The second kappa shape index (κ2) is 6.50. The van der Waals surface area contributed by atoms with Gasteiger partial charge in [-0.1, -0.05) is 13.8 Å². The van der Waals surface area contributed by atoms with Crippen LogP contribution in [0.5, 0.6) is 0 Å². The van der Waals surface area contributed by atoms with Crippen LogP contribution in [0, 0.1) is 16.7 Å². The summed E-state index contributed by atoms with van der Waals surface area (Å²) in [5, 5.41) is 11.2. The summed E-state index contributed by atoms with van der Waals surface area (Å²) in [6, 6.07) is 1.85. The Morgan fingerprint density at radius 3 is 2.44 bits per heavy atom. The van der Waals surface area contributed by atoms with Crippen molar-refractivity contribution in [3.05, 3.63) is 0 Å². The molecular formula is C12H23N3O2S. The van der Waals surface area contributed by atoms with E-state index in [1.807, 2.05) is 6.07 Å². The van der Waals surface area contributed by atoms with Gasteiger partial charge in [-0.3, -0.25) is 0 Å². The summed E-state index contributed by atoms with van der Waals surface area (Å²) in [6.07, 6.45) is 3.25. The van der Waals surface area contributed by atoms with Gasteiger partial charge in [-0.05, 0) is 44.2 Å². The Bertz CT molecular complexity index is 394. The van der Waals surface area contributed by atoms with Gasteiger partial charge in [0.15, 0.2) is 5.25 Å². The van der Waals surface area contributed by atoms with Crippen LogP contribution in [0.3, 0.4) is 0 Å². The Hall–Kier alpha value is -0.640. The van der Waals surface area contributed by atoms with E-state index in [0.29, 0.717) is 13.0 Å². The Balaban J connectivity index is 2.65. The molecule has 0 spiro atoms. The van der Waals surface area contributed by atoms with E-state index in [4.69, 9.17) is 5.26 Å². The minimum Gasteiger partial charge on any atom is -0.317 e. The van der Waals surface area contributed by atoms with Crippen LogP contribution in [-0.4, -0.2) is 33.3 Å². The first kappa shape index (κ1) is 15.4. The van der Waals surface area contributed by atoms with Crippen molar-refractivity contribution in [1.29, 1.82) is 5.26 Å². The van der Waals surface area contributed by atoms with Crippen LogP contribution in [-0.2, 0) is 10.0 Å². The average Bonchev–Trinajstić information content (AvgIpc) is 2.39. The van der Waals surface area contributed by atoms with Crippen molar-refractivity contribution in [2.24, 2.45) is 5.41 Å². The third-order valence-electron chi connectivity index (χ3n) is 3.95. The largest absolute Gasteiger partial charge is 0.317 e. The zero-order valence-electron chi connectivity index (χ0n) is 11.2. The summed E-state index contributed by atoms with van der Waals surface area (Å²) in [5.41, 5.74) is 0.0477. The lowest BCUT2D eigenvalue weighted by molar-refractivity contribution is 0.196. The fourth-order valence-electron chi connectivity index (χ4n) is 2.35. The van der Waals surface area contributed by atoms with Crippen LogP contribution >= 0.6 is 0 Å². The molecule has 0 aromatic rings. The third kappa shape index (κ3) is 3.67. The van der Waals surface area contributed by atoms with E-state index >= 15 is 0 Å². The summed E-state index contributed by atoms with van der Waals surface area (Å²) >= 11 is 0. The Labute approximate surface area is 110 Å². The minimum atomic E-state index is -3.50. The zero-order chi connectivity index (χ0) is 13.6. The Morgan fingerprint density at radius 1 is 1.39 bits per heavy atom. The summed E-state index contributed by atoms with van der Waals surface area (Å²) in [7, 11) is -3.50. The molecule has 0 amide bonds. The van der Waals surface area contributed by atoms with Gasteiger partial charge in [0.2, 0.25) is 10.0 Å². The number of nitrogens with zero attached hydrogens (tertiary/aromatic N) is 1. The Kier molecular flexibility index (Phi) is 5.57. The first-order valence-electron chi connectivity index (χ1n) is 6.58. The number of sulfonamides is 1. The molecule has 1 rings (SSSR count). The number of hydrogen-bond acceptors (Lipinski definition) is 4. The molecule has 1 aliphatic heterocycles. The monoisotopic (exact) mass is 273 g/mol. The van der Waals surface area contributed by atoms with E-state index in [9.17, 15) is 8.42 Å². The Morgan fingerprint density at radius 2 is 2.00 bits per heavy atom. The molecule has 0 aliphatic carbocycles. The van der Waals surface area contributed by atoms with E-state index in [1.54, 1.807) is 6.92 Å². The maximum atomic E-state index is 11.9. The number of rotatable bonds is 6. The SMILES string of the molecule is CCC(C#N)S(=O)(=O)NCC1(CC)CCNCC1. The fourth-order valence-corrected chi connectivity index (χ4v) is 3.63. The van der Waals surface area contributed by atoms with Gasteiger partial charge in [0.1, 0.15) is 0 Å². The van der Waals surface area contributed by atoms with Gasteiger partial charge in [-0.2, -0.15) is 5.26 Å². The van der Waals surface area contributed by atoms with E-state index in [0.717, 1.165) is 32.4 Å². The van der Waals surface area contributed by atoms with E-state index < -0.39 is 15.3 Å². The molecule has 18 heavy (non-hydrogen) atoms. The molecule has 1 heterocycles. The molecular weight excluding hydrogens is 250 g/mol. The van der Waals surface area contributed by atoms with Gasteiger partial charge in [0, 0.05) is 6.54 Å². The molecule has 6 heteroatoms. The normalized spacial score (nSPS) is 21.2. The predicted octanol–water partition coefficient (Wildman–Crippen LogP) is 0.988. The van der Waals surface area contributed by atoms with Crippen molar-refractivity contribution < 1.29 is 8.42 Å². The molecule has 5 nitrogen and oxygen atoms in total. The van der Waals surface area contributed by atoms with Crippen molar-refractivity contribution in [1.82, 2.24) is 10.0 Å². The average molecular weight is 273 g/mol. The summed E-state index contributed by atoms with van der Waals surface area (Å²) in [6.45, 7) is 6.14. The number of nitriles is 1. The summed E-state index contributed by atoms with van der Waals surface area (Å²) in [4.78, 5) is 0. The van der Waals surface area contributed by atoms with Crippen LogP contribution in [0.1, 0.15) is 39.5 Å². The highest BCUT2D eigenvalue weighted by Crippen LogP contribution is 2.31. The van der Waals surface area contributed by atoms with Crippen molar-refractivity contribution in [2.75, 3.05) is 19.6 Å². The second-order valence-electron chi connectivity index (χ2n) is 5.00. The van der Waals surface area contributed by atoms with Crippen LogP contribution in [0.4, 0.5) is 0 Å². The maximum Gasteiger partial charge on any atom is 0.227 e. The van der Waals surface area contributed by atoms with Gasteiger partial charge in [0.05, 0.1) is 6.07 Å². The maximum absolute atomic E-state index is 11.9. The minimum absolute atomic E-state index is 0.0477. The molecule has 0 saturated carbocycles. The smallest absolute Gasteiger partial charge is 0.227 e. The van der Waals surface area contributed by atoms with E-state index in [1.165, 1.54) is 0 Å². The quantitative estimate of drug-likeness (QED) is 0.756. The lowest BCUT2D eigenvalue weighted by Gasteiger charge is -2.37. The van der Waals surface area contributed by atoms with Crippen molar-refractivity contribution in [2.45, 2.75) is 44.8 Å². The summed E-state index contributed by atoms with van der Waals surface area (Å²) in [5.74, 6) is 0.